The first-order valence-corrected chi connectivity index (χ1v) is 8.12. The molecule has 1 aliphatic rings. The van der Waals surface area contributed by atoms with Gasteiger partial charge in [0, 0.05) is 0 Å². The van der Waals surface area contributed by atoms with Crippen LogP contribution in [-0.4, -0.2) is 67.5 Å². The molecule has 0 spiro atoms. The first-order chi connectivity index (χ1) is 10.3. The summed E-state index contributed by atoms with van der Waals surface area (Å²) in [5.41, 5.74) is 10.6. The van der Waals surface area contributed by atoms with E-state index in [0.29, 0.717) is 13.0 Å². The van der Waals surface area contributed by atoms with E-state index in [1.165, 1.54) is 12.1 Å². The van der Waals surface area contributed by atoms with Crippen LogP contribution in [0.4, 0.5) is 0 Å². The van der Waals surface area contributed by atoms with Crippen LogP contribution in [0.5, 0.6) is 0 Å². The predicted molar refractivity (Wildman–Crippen MR) is 94.0 cm³/mol. The summed E-state index contributed by atoms with van der Waals surface area (Å²) in [5, 5.41) is 8.33. The van der Waals surface area contributed by atoms with Crippen LogP contribution in [0.2, 0.25) is 0 Å². The third-order valence-corrected chi connectivity index (χ3v) is 4.32. The molecule has 1 heterocycles. The fraction of sp³-hybridized carbons (Fsp3) is 0.385. The molecule has 0 unspecified atom stereocenters. The normalized spacial score (nSPS) is 14.7. The van der Waals surface area contributed by atoms with Crippen LogP contribution < -0.4 is 16.2 Å². The molecule has 2 rings (SSSR count). The molecule has 1 aliphatic heterocycles. The number of nitrogens with one attached hydrogen (secondary N) is 1. The number of hydrogen-bond acceptors (Lipinski definition) is 6. The van der Waals surface area contributed by atoms with E-state index < -0.39 is 27.9 Å². The molecule has 0 radical (unpaired) electrons. The maximum absolute atomic E-state index is 11.1. The Labute approximate surface area is 169 Å². The van der Waals surface area contributed by atoms with E-state index in [1.807, 2.05) is 4.72 Å². The number of amides is 1. The van der Waals surface area contributed by atoms with Crippen LogP contribution >= 0.6 is 12.4 Å². The molecular weight excluding hydrogens is 369 g/mol. The summed E-state index contributed by atoms with van der Waals surface area (Å²) in [5.74, 6) is -1.48. The molecule has 0 bridgehead atoms. The second kappa shape index (κ2) is 11.8. The first kappa shape index (κ1) is 25.6. The van der Waals surface area contributed by atoms with Gasteiger partial charge in [-0.3, -0.25) is 9.59 Å². The van der Waals surface area contributed by atoms with Crippen LogP contribution in [0.25, 0.3) is 0 Å². The summed E-state index contributed by atoms with van der Waals surface area (Å²) < 4.78 is 24.2. The Morgan fingerprint density at radius 1 is 1.25 bits per heavy atom. The molecule has 1 amide bonds. The van der Waals surface area contributed by atoms with E-state index in [2.05, 4.69) is 0 Å². The molecule has 0 fully saturated rings. The van der Waals surface area contributed by atoms with Gasteiger partial charge in [0.25, 0.3) is 15.9 Å². The monoisotopic (exact) mass is 389 g/mol. The number of carbonyl (C=O) groups excluding carboxylic acids is 1. The van der Waals surface area contributed by atoms with Gasteiger partial charge in [-0.05, 0) is 31.5 Å². The van der Waals surface area contributed by atoms with Crippen LogP contribution in [0.15, 0.2) is 29.2 Å². The molecule has 8 nitrogen and oxygen atoms in total. The number of hydrogen-bond donors (Lipinski definition) is 4. The van der Waals surface area contributed by atoms with Gasteiger partial charge >= 0.3 is 35.5 Å². The summed E-state index contributed by atoms with van der Waals surface area (Å²) in [4.78, 5) is 21.2. The average molecular weight is 390 g/mol. The number of benzene rings is 1. The van der Waals surface area contributed by atoms with Gasteiger partial charge in [-0.25, -0.2) is 13.1 Å². The summed E-state index contributed by atoms with van der Waals surface area (Å²) in [6, 6.07) is 5.37. The Bertz CT molecular complexity index is 657. The zero-order valence-electron chi connectivity index (χ0n) is 12.3. The molecule has 0 saturated heterocycles. The molecule has 0 saturated carbocycles. The van der Waals surface area contributed by atoms with Crippen LogP contribution in [-0.2, 0) is 14.8 Å². The minimum absolute atomic E-state index is 0. The molecule has 132 valence electrons. The van der Waals surface area contributed by atoms with Gasteiger partial charge in [-0.1, -0.05) is 18.6 Å². The molecule has 1 aromatic rings. The number of rotatable bonds is 5. The molecule has 11 heteroatoms. The van der Waals surface area contributed by atoms with Crippen molar-refractivity contribution in [3.63, 3.8) is 0 Å². The summed E-state index contributed by atoms with van der Waals surface area (Å²) in [6.45, 7) is 0.604. The third-order valence-electron chi connectivity index (χ3n) is 2.93. The Hall–Kier alpha value is -0.680. The van der Waals surface area contributed by atoms with Crippen molar-refractivity contribution in [3.05, 3.63) is 29.8 Å². The second-order valence-corrected chi connectivity index (χ2v) is 6.31. The SMILES string of the molecule is Cl.NCCCC[C@H](N)C(=O)O.O=C1NS(=O)(=O)c2ccccc21.[NaH]. The Balaban J connectivity index is 0. The summed E-state index contributed by atoms with van der Waals surface area (Å²) >= 11 is 0. The van der Waals surface area contributed by atoms with Crippen LogP contribution in [0.1, 0.15) is 29.6 Å². The number of aliphatic carboxylic acids is 1. The zero-order chi connectivity index (χ0) is 16.8. The third kappa shape index (κ3) is 7.47. The Kier molecular flexibility index (Phi) is 12.6. The number of fused-ring (bicyclic) bond motifs is 1. The Morgan fingerprint density at radius 2 is 1.83 bits per heavy atom. The quantitative estimate of drug-likeness (QED) is 0.388. The van der Waals surface area contributed by atoms with Crippen molar-refractivity contribution in [1.29, 1.82) is 0 Å². The van der Waals surface area contributed by atoms with Crippen molar-refractivity contribution in [3.8, 4) is 0 Å². The summed E-state index contributed by atoms with van der Waals surface area (Å²) in [7, 11) is -3.55. The van der Waals surface area contributed by atoms with Crippen LogP contribution in [0.3, 0.4) is 0 Å². The van der Waals surface area contributed by atoms with E-state index in [0.717, 1.165) is 12.8 Å². The molecule has 1 atom stereocenters. The topological polar surface area (TPSA) is 153 Å². The molecular formula is C13H21ClN3NaO5S. The predicted octanol–water partition coefficient (Wildman–Crippen LogP) is -0.581. The van der Waals surface area contributed by atoms with E-state index in [1.54, 1.807) is 12.1 Å². The Morgan fingerprint density at radius 3 is 2.33 bits per heavy atom. The van der Waals surface area contributed by atoms with Gasteiger partial charge in [-0.2, -0.15) is 0 Å². The van der Waals surface area contributed by atoms with Crippen molar-refractivity contribution in [2.45, 2.75) is 30.2 Å². The van der Waals surface area contributed by atoms with Crippen LogP contribution in [0, 0.1) is 0 Å². The van der Waals surface area contributed by atoms with Crippen molar-refractivity contribution in [2.75, 3.05) is 6.54 Å². The molecule has 6 N–H and O–H groups in total. The number of nitrogens with two attached hydrogens (primary N) is 2. The van der Waals surface area contributed by atoms with Gasteiger partial charge in [0.2, 0.25) is 0 Å². The number of sulfonamides is 1. The number of halogens is 1. The number of carboxylic acids is 1. The standard InChI is InChI=1S/C7H5NO3S.C6H14N2O2.ClH.Na.H/c9-7-5-3-1-2-4-6(5)12(10,11)8-7;7-4-2-1-3-5(8)6(9)10;;;/h1-4H,(H,8,9);5H,1-4,7-8H2,(H,9,10);1H;;/t;5-;;;/m.0.../s1. The van der Waals surface area contributed by atoms with Crippen molar-refractivity contribution in [1.82, 2.24) is 4.72 Å². The van der Waals surface area contributed by atoms with Crippen molar-refractivity contribution < 1.29 is 23.1 Å². The molecule has 0 aliphatic carbocycles. The number of unbranched alkanes of at least 4 members (excludes halogenated alkanes) is 1. The number of carboxylic acid groups (broad SMARTS) is 1. The van der Waals surface area contributed by atoms with E-state index in [-0.39, 0.29) is 52.4 Å². The van der Waals surface area contributed by atoms with E-state index in [4.69, 9.17) is 16.6 Å². The average Bonchev–Trinajstić information content (AvgIpc) is 2.70. The van der Waals surface area contributed by atoms with Gasteiger partial charge < -0.3 is 16.6 Å². The van der Waals surface area contributed by atoms with Gasteiger partial charge in [0.15, 0.2) is 0 Å². The second-order valence-electron chi connectivity index (χ2n) is 4.66. The van der Waals surface area contributed by atoms with Crippen molar-refractivity contribution >= 4 is 63.9 Å². The van der Waals surface area contributed by atoms with Gasteiger partial charge in [0.1, 0.15) is 10.9 Å². The summed E-state index contributed by atoms with van der Waals surface area (Å²) in [6.07, 6.45) is 2.16. The van der Waals surface area contributed by atoms with E-state index >= 15 is 0 Å². The molecule has 24 heavy (non-hydrogen) atoms. The first-order valence-electron chi connectivity index (χ1n) is 6.64. The van der Waals surface area contributed by atoms with E-state index in [9.17, 15) is 18.0 Å². The fourth-order valence-corrected chi connectivity index (χ4v) is 2.92. The maximum atomic E-state index is 11.1. The fourth-order valence-electron chi connectivity index (χ4n) is 1.75. The number of carbonyl (C=O) groups is 2. The van der Waals surface area contributed by atoms with Gasteiger partial charge in [0.05, 0.1) is 5.56 Å². The minimum atomic E-state index is -3.55. The zero-order valence-corrected chi connectivity index (χ0v) is 13.9. The molecule has 0 aromatic heterocycles. The van der Waals surface area contributed by atoms with Gasteiger partial charge in [-0.15, -0.1) is 12.4 Å². The van der Waals surface area contributed by atoms with Crippen molar-refractivity contribution in [2.24, 2.45) is 11.5 Å². The molecule has 1 aromatic carbocycles.